The van der Waals surface area contributed by atoms with Gasteiger partial charge in [0.15, 0.2) is 0 Å². The molecule has 9 heteroatoms. The Kier molecular flexibility index (Phi) is 6.33. The van der Waals surface area contributed by atoms with Crippen LogP contribution in [-0.2, 0) is 0 Å². The Hall–Kier alpha value is -3.75. The van der Waals surface area contributed by atoms with Crippen LogP contribution < -0.4 is 15.4 Å². The number of nitrogens with one attached hydrogen (secondary N) is 3. The van der Waals surface area contributed by atoms with Crippen LogP contribution in [0.3, 0.4) is 0 Å². The largest absolute Gasteiger partial charge is 0.496 e. The van der Waals surface area contributed by atoms with E-state index in [0.717, 1.165) is 0 Å². The van der Waals surface area contributed by atoms with Crippen LogP contribution in [0.25, 0.3) is 11.3 Å². The number of halogens is 2. The molecule has 0 spiro atoms. The average Bonchev–Trinajstić information content (AvgIpc) is 3.15. The zero-order chi connectivity index (χ0) is 22.6. The van der Waals surface area contributed by atoms with E-state index in [0.29, 0.717) is 17.1 Å². The molecule has 0 aliphatic heterocycles. The smallest absolute Gasteiger partial charge is 0.286 e. The van der Waals surface area contributed by atoms with Gasteiger partial charge in [-0.05, 0) is 57.2 Å². The van der Waals surface area contributed by atoms with Crippen LogP contribution >= 0.6 is 0 Å². The van der Waals surface area contributed by atoms with E-state index in [9.17, 15) is 13.6 Å². The van der Waals surface area contributed by atoms with Crippen molar-refractivity contribution in [3.05, 3.63) is 65.7 Å². The molecular formula is C22H23F2N5O2. The number of anilines is 1. The molecule has 7 nitrogen and oxygen atoms in total. The van der Waals surface area contributed by atoms with Gasteiger partial charge in [-0.1, -0.05) is 6.07 Å². The number of H-pyrrole nitrogens is 1. The Morgan fingerprint density at radius 2 is 1.84 bits per heavy atom. The van der Waals surface area contributed by atoms with E-state index < -0.39 is 17.3 Å². The van der Waals surface area contributed by atoms with Crippen LogP contribution in [0.4, 0.5) is 14.6 Å². The van der Waals surface area contributed by atoms with Crippen molar-refractivity contribution >= 4 is 17.7 Å². The molecule has 2 aromatic carbocycles. The predicted molar refractivity (Wildman–Crippen MR) is 115 cm³/mol. The van der Waals surface area contributed by atoms with Crippen molar-refractivity contribution in [3.8, 4) is 17.0 Å². The molecule has 1 aromatic heterocycles. The van der Waals surface area contributed by atoms with Crippen molar-refractivity contribution in [1.82, 2.24) is 15.5 Å². The van der Waals surface area contributed by atoms with Crippen molar-refractivity contribution in [3.63, 3.8) is 0 Å². The summed E-state index contributed by atoms with van der Waals surface area (Å²) in [5.74, 6) is -1.27. The van der Waals surface area contributed by atoms with Gasteiger partial charge in [0.05, 0.1) is 12.8 Å². The molecule has 3 rings (SSSR count). The van der Waals surface area contributed by atoms with Gasteiger partial charge in [0, 0.05) is 17.2 Å². The molecule has 0 atom stereocenters. The molecule has 1 amide bonds. The maximum absolute atomic E-state index is 14.3. The van der Waals surface area contributed by atoms with Crippen molar-refractivity contribution in [2.75, 3.05) is 12.4 Å². The van der Waals surface area contributed by atoms with Gasteiger partial charge in [-0.25, -0.2) is 8.78 Å². The molecule has 162 valence electrons. The molecule has 0 radical (unpaired) electrons. The number of methoxy groups -OCH3 is 1. The number of aliphatic imine (C=N–C) groups is 1. The van der Waals surface area contributed by atoms with E-state index in [1.54, 1.807) is 18.2 Å². The Morgan fingerprint density at radius 1 is 1.13 bits per heavy atom. The van der Waals surface area contributed by atoms with E-state index in [1.807, 2.05) is 20.8 Å². The molecular weight excluding hydrogens is 404 g/mol. The van der Waals surface area contributed by atoms with Gasteiger partial charge < -0.3 is 15.4 Å². The average molecular weight is 427 g/mol. The monoisotopic (exact) mass is 427 g/mol. The fourth-order valence-corrected chi connectivity index (χ4v) is 2.76. The molecule has 0 unspecified atom stereocenters. The van der Waals surface area contributed by atoms with Crippen molar-refractivity contribution in [2.24, 2.45) is 4.99 Å². The first-order valence-electron chi connectivity index (χ1n) is 9.48. The lowest BCUT2D eigenvalue weighted by atomic mass is 10.1. The Bertz CT molecular complexity index is 1100. The third kappa shape index (κ3) is 5.65. The van der Waals surface area contributed by atoms with Gasteiger partial charge in [0.2, 0.25) is 5.96 Å². The zero-order valence-electron chi connectivity index (χ0n) is 17.6. The number of hydrogen-bond acceptors (Lipinski definition) is 3. The third-order valence-electron chi connectivity index (χ3n) is 4.09. The predicted octanol–water partition coefficient (Wildman–Crippen LogP) is 4.36. The number of benzene rings is 2. The minimum absolute atomic E-state index is 0.0870. The molecule has 3 aromatic rings. The second kappa shape index (κ2) is 8.95. The number of rotatable bonds is 4. The second-order valence-corrected chi connectivity index (χ2v) is 7.76. The lowest BCUT2D eigenvalue weighted by Crippen LogP contribution is -2.44. The van der Waals surface area contributed by atoms with Gasteiger partial charge in [-0.2, -0.15) is 10.1 Å². The summed E-state index contributed by atoms with van der Waals surface area (Å²) >= 11 is 0. The van der Waals surface area contributed by atoms with Crippen LogP contribution in [-0.4, -0.2) is 34.7 Å². The van der Waals surface area contributed by atoms with E-state index in [1.165, 1.54) is 37.4 Å². The van der Waals surface area contributed by atoms with E-state index in [2.05, 4.69) is 25.8 Å². The molecule has 3 N–H and O–H groups in total. The Morgan fingerprint density at radius 3 is 2.48 bits per heavy atom. The minimum Gasteiger partial charge on any atom is -0.496 e. The van der Waals surface area contributed by atoms with Gasteiger partial charge in [-0.15, -0.1) is 0 Å². The molecule has 0 aliphatic rings. The lowest BCUT2D eigenvalue weighted by molar-refractivity contribution is 0.0995. The highest BCUT2D eigenvalue weighted by Gasteiger charge is 2.20. The van der Waals surface area contributed by atoms with Crippen LogP contribution in [0.2, 0.25) is 0 Å². The number of amides is 1. The first kappa shape index (κ1) is 21.9. The summed E-state index contributed by atoms with van der Waals surface area (Å²) in [5, 5.41) is 13.0. The highest BCUT2D eigenvalue weighted by molar-refractivity contribution is 6.08. The van der Waals surface area contributed by atoms with E-state index in [-0.39, 0.29) is 23.1 Å². The fourth-order valence-electron chi connectivity index (χ4n) is 2.76. The van der Waals surface area contributed by atoms with Gasteiger partial charge >= 0.3 is 0 Å². The molecule has 0 saturated carbocycles. The van der Waals surface area contributed by atoms with Gasteiger partial charge in [0.1, 0.15) is 28.8 Å². The molecule has 0 saturated heterocycles. The summed E-state index contributed by atoms with van der Waals surface area (Å²) in [4.78, 5) is 16.8. The number of guanidine groups is 1. The maximum atomic E-state index is 14.3. The Labute approximate surface area is 178 Å². The van der Waals surface area contributed by atoms with Crippen molar-refractivity contribution < 1.29 is 18.3 Å². The zero-order valence-corrected chi connectivity index (χ0v) is 17.6. The summed E-state index contributed by atoms with van der Waals surface area (Å²) in [6.45, 7) is 5.65. The summed E-state index contributed by atoms with van der Waals surface area (Å²) < 4.78 is 32.5. The second-order valence-electron chi connectivity index (χ2n) is 7.76. The number of hydrogen-bond donors (Lipinski definition) is 3. The number of ether oxygens (including phenoxy) is 1. The van der Waals surface area contributed by atoms with Gasteiger partial charge in [0.25, 0.3) is 5.91 Å². The van der Waals surface area contributed by atoms with Crippen molar-refractivity contribution in [2.45, 2.75) is 26.3 Å². The lowest BCUT2D eigenvalue weighted by Gasteiger charge is -2.23. The van der Waals surface area contributed by atoms with Crippen LogP contribution in [0.15, 0.2) is 53.5 Å². The highest BCUT2D eigenvalue weighted by atomic mass is 19.1. The quantitative estimate of drug-likeness (QED) is 0.425. The fraction of sp³-hybridized carbons (Fsp3) is 0.227. The third-order valence-corrected chi connectivity index (χ3v) is 4.09. The van der Waals surface area contributed by atoms with Crippen LogP contribution in [0.5, 0.6) is 5.75 Å². The van der Waals surface area contributed by atoms with Crippen molar-refractivity contribution in [1.29, 1.82) is 0 Å². The molecule has 1 heterocycles. The first-order valence-corrected chi connectivity index (χ1v) is 9.48. The summed E-state index contributed by atoms with van der Waals surface area (Å²) in [7, 11) is 1.35. The number of carbonyl (C=O) groups is 1. The summed E-state index contributed by atoms with van der Waals surface area (Å²) in [5.41, 5.74) is 0.557. The molecule has 0 bridgehead atoms. The SMILES string of the molecule is COc1cccc(F)c1C(=O)/N=C(\Nc1cc(-c2ccc(F)cc2)n[nH]1)NC(C)(C)C. The van der Waals surface area contributed by atoms with E-state index in [4.69, 9.17) is 4.74 Å². The summed E-state index contributed by atoms with van der Waals surface area (Å²) in [6.07, 6.45) is 0. The van der Waals surface area contributed by atoms with Crippen LogP contribution in [0.1, 0.15) is 31.1 Å². The minimum atomic E-state index is -0.813. The molecule has 31 heavy (non-hydrogen) atoms. The topological polar surface area (TPSA) is 91.4 Å². The number of carbonyl (C=O) groups excluding carboxylic acids is 1. The standard InChI is InChI=1S/C22H23F2N5O2/c1-22(2,3)27-21(26-20(30)19-15(24)6-5-7-17(19)31-4)25-18-12-16(28-29-18)13-8-10-14(23)11-9-13/h5-12H,1-4H3,(H3,25,26,27,28,29,30). The maximum Gasteiger partial charge on any atom is 0.286 e. The summed E-state index contributed by atoms with van der Waals surface area (Å²) in [6, 6.07) is 11.7. The number of nitrogens with zero attached hydrogens (tertiary/aromatic N) is 2. The molecule has 0 fully saturated rings. The highest BCUT2D eigenvalue weighted by Crippen LogP contribution is 2.23. The number of aromatic amines is 1. The van der Waals surface area contributed by atoms with E-state index >= 15 is 0 Å². The Balaban J connectivity index is 1.90. The number of aromatic nitrogens is 2. The molecule has 0 aliphatic carbocycles. The normalized spacial score (nSPS) is 11.9. The first-order chi connectivity index (χ1) is 14.7. The van der Waals surface area contributed by atoms with Crippen LogP contribution in [0, 0.1) is 11.6 Å². The van der Waals surface area contributed by atoms with Gasteiger partial charge in [-0.3, -0.25) is 9.89 Å².